The van der Waals surface area contributed by atoms with E-state index in [0.717, 1.165) is 0 Å². The summed E-state index contributed by atoms with van der Waals surface area (Å²) in [7, 11) is 0. The van der Waals surface area contributed by atoms with E-state index in [1.54, 1.807) is 0 Å². The smallest absolute Gasteiger partial charge is 0.340 e. The molecular weight excluding hydrogens is 386 g/mol. The molecule has 0 saturated heterocycles. The molecule has 0 spiro atoms. The van der Waals surface area contributed by atoms with Gasteiger partial charge >= 0.3 is 5.97 Å². The number of halogens is 4. The minimum absolute atomic E-state index is 0.103. The Morgan fingerprint density at radius 3 is 2.39 bits per heavy atom. The molecule has 0 fully saturated rings. The van der Waals surface area contributed by atoms with E-state index in [1.807, 2.05) is 0 Å². The number of benzene rings is 1. The third-order valence-corrected chi connectivity index (χ3v) is 3.59. The van der Waals surface area contributed by atoms with Gasteiger partial charge in [0.25, 0.3) is 5.91 Å². The van der Waals surface area contributed by atoms with Gasteiger partial charge in [0, 0.05) is 11.2 Å². The minimum Gasteiger partial charge on any atom is -0.452 e. The van der Waals surface area contributed by atoms with Crippen LogP contribution in [-0.4, -0.2) is 23.5 Å². The van der Waals surface area contributed by atoms with E-state index in [2.05, 4.69) is 10.3 Å². The van der Waals surface area contributed by atoms with Gasteiger partial charge < -0.3 is 10.1 Å². The van der Waals surface area contributed by atoms with Crippen molar-refractivity contribution in [3.63, 3.8) is 0 Å². The van der Waals surface area contributed by atoms with Gasteiger partial charge in [0.1, 0.15) is 0 Å². The van der Waals surface area contributed by atoms with Crippen molar-refractivity contribution in [2.45, 2.75) is 0 Å². The maximum atomic E-state index is 11.9. The van der Waals surface area contributed by atoms with Gasteiger partial charge in [-0.3, -0.25) is 4.79 Å². The molecule has 0 aliphatic heterocycles. The first kappa shape index (κ1) is 17.8. The Balaban J connectivity index is 1.94. The summed E-state index contributed by atoms with van der Waals surface area (Å²) in [5.41, 5.74) is 0.103. The van der Waals surface area contributed by atoms with Crippen molar-refractivity contribution in [1.82, 2.24) is 4.98 Å². The number of nitrogens with one attached hydrogen (secondary N) is 1. The minimum atomic E-state index is -0.753. The SMILES string of the molecule is O=C(COC(=O)c1ccc(Cl)cc1Cl)Nc1ncc(Cl)cc1Cl. The predicted octanol–water partition coefficient (Wildman–Crippen LogP) is 4.49. The van der Waals surface area contributed by atoms with Crippen LogP contribution in [0.15, 0.2) is 30.5 Å². The highest BCUT2D eigenvalue weighted by atomic mass is 35.5. The van der Waals surface area contributed by atoms with Crippen molar-refractivity contribution in [3.05, 3.63) is 56.1 Å². The second-order valence-corrected chi connectivity index (χ2v) is 5.92. The molecule has 1 heterocycles. The van der Waals surface area contributed by atoms with E-state index < -0.39 is 18.5 Å². The first-order valence-corrected chi connectivity index (χ1v) is 7.61. The third kappa shape index (κ3) is 4.97. The molecule has 1 N–H and O–H groups in total. The summed E-state index contributed by atoms with van der Waals surface area (Å²) in [4.78, 5) is 27.5. The van der Waals surface area contributed by atoms with Gasteiger partial charge in [-0.25, -0.2) is 9.78 Å². The van der Waals surface area contributed by atoms with Gasteiger partial charge in [-0.15, -0.1) is 0 Å². The maximum absolute atomic E-state index is 11.9. The average molecular weight is 394 g/mol. The number of nitrogens with zero attached hydrogens (tertiary/aromatic N) is 1. The lowest BCUT2D eigenvalue weighted by Gasteiger charge is -2.08. The number of ether oxygens (including phenoxy) is 1. The Labute approximate surface area is 151 Å². The van der Waals surface area contributed by atoms with E-state index >= 15 is 0 Å². The average Bonchev–Trinajstić information content (AvgIpc) is 2.48. The summed E-state index contributed by atoms with van der Waals surface area (Å²) in [6.07, 6.45) is 1.32. The van der Waals surface area contributed by atoms with Crippen LogP contribution in [0.3, 0.4) is 0 Å². The fraction of sp³-hybridized carbons (Fsp3) is 0.0714. The molecule has 9 heteroatoms. The van der Waals surface area contributed by atoms with Crippen LogP contribution < -0.4 is 5.32 Å². The Hall–Kier alpha value is -1.53. The Bertz CT molecular complexity index is 768. The van der Waals surface area contributed by atoms with Crippen molar-refractivity contribution in [1.29, 1.82) is 0 Å². The first-order chi connectivity index (χ1) is 10.9. The summed E-state index contributed by atoms with van der Waals surface area (Å²) in [5.74, 6) is -1.25. The largest absolute Gasteiger partial charge is 0.452 e. The monoisotopic (exact) mass is 392 g/mol. The third-order valence-electron chi connectivity index (χ3n) is 2.55. The molecule has 5 nitrogen and oxygen atoms in total. The van der Waals surface area contributed by atoms with Crippen LogP contribution in [0, 0.1) is 0 Å². The van der Waals surface area contributed by atoms with E-state index in [4.69, 9.17) is 51.1 Å². The molecule has 0 aliphatic carbocycles. The zero-order chi connectivity index (χ0) is 17.0. The topological polar surface area (TPSA) is 68.3 Å². The highest BCUT2D eigenvalue weighted by Crippen LogP contribution is 2.23. The number of amides is 1. The van der Waals surface area contributed by atoms with Crippen LogP contribution >= 0.6 is 46.4 Å². The Morgan fingerprint density at radius 1 is 1.04 bits per heavy atom. The van der Waals surface area contributed by atoms with E-state index in [1.165, 1.54) is 30.5 Å². The van der Waals surface area contributed by atoms with Crippen LogP contribution in [0.1, 0.15) is 10.4 Å². The predicted molar refractivity (Wildman–Crippen MR) is 89.6 cm³/mol. The number of carbonyl (C=O) groups is 2. The van der Waals surface area contributed by atoms with Gasteiger partial charge in [-0.1, -0.05) is 46.4 Å². The molecule has 23 heavy (non-hydrogen) atoms. The number of carbonyl (C=O) groups excluding carboxylic acids is 2. The van der Waals surface area contributed by atoms with Crippen molar-refractivity contribution in [2.24, 2.45) is 0 Å². The molecule has 1 aromatic heterocycles. The van der Waals surface area contributed by atoms with E-state index in [-0.39, 0.29) is 21.4 Å². The molecule has 2 aromatic rings. The number of hydrogen-bond donors (Lipinski definition) is 1. The second kappa shape index (κ2) is 7.84. The summed E-state index contributed by atoms with van der Waals surface area (Å²) in [6.45, 7) is -0.529. The molecule has 1 amide bonds. The zero-order valence-electron chi connectivity index (χ0n) is 11.3. The zero-order valence-corrected chi connectivity index (χ0v) is 14.3. The van der Waals surface area contributed by atoms with Crippen molar-refractivity contribution in [3.8, 4) is 0 Å². The number of rotatable bonds is 4. The van der Waals surface area contributed by atoms with Crippen LogP contribution in [0.2, 0.25) is 20.1 Å². The quantitative estimate of drug-likeness (QED) is 0.777. The lowest BCUT2D eigenvalue weighted by molar-refractivity contribution is -0.119. The van der Waals surface area contributed by atoms with Crippen LogP contribution in [0.25, 0.3) is 0 Å². The van der Waals surface area contributed by atoms with Gasteiger partial charge in [0.15, 0.2) is 12.4 Å². The van der Waals surface area contributed by atoms with Crippen LogP contribution in [0.5, 0.6) is 0 Å². The summed E-state index contributed by atoms with van der Waals surface area (Å²) >= 11 is 23.2. The highest BCUT2D eigenvalue weighted by molar-refractivity contribution is 6.37. The molecule has 0 atom stereocenters. The normalized spacial score (nSPS) is 10.3. The highest BCUT2D eigenvalue weighted by Gasteiger charge is 2.15. The van der Waals surface area contributed by atoms with Gasteiger partial charge in [-0.05, 0) is 24.3 Å². The molecular formula is C14H8Cl4N2O3. The fourth-order valence-corrected chi connectivity index (χ4v) is 2.45. The van der Waals surface area contributed by atoms with E-state index in [9.17, 15) is 9.59 Å². The van der Waals surface area contributed by atoms with Crippen LogP contribution in [0.4, 0.5) is 5.82 Å². The van der Waals surface area contributed by atoms with E-state index in [0.29, 0.717) is 10.0 Å². The number of aromatic nitrogens is 1. The van der Waals surface area contributed by atoms with Crippen molar-refractivity contribution in [2.75, 3.05) is 11.9 Å². The molecule has 0 aliphatic rings. The number of esters is 1. The van der Waals surface area contributed by atoms with Crippen LogP contribution in [-0.2, 0) is 9.53 Å². The van der Waals surface area contributed by atoms with Gasteiger partial charge in [0.2, 0.25) is 0 Å². The molecule has 120 valence electrons. The lowest BCUT2D eigenvalue weighted by atomic mass is 10.2. The molecule has 2 rings (SSSR count). The molecule has 1 aromatic carbocycles. The van der Waals surface area contributed by atoms with Crippen molar-refractivity contribution >= 4 is 64.1 Å². The molecule has 0 saturated carbocycles. The van der Waals surface area contributed by atoms with Crippen molar-refractivity contribution < 1.29 is 14.3 Å². The summed E-state index contributed by atoms with van der Waals surface area (Å²) in [5, 5.41) is 3.40. The first-order valence-electron chi connectivity index (χ1n) is 6.10. The second-order valence-electron chi connectivity index (χ2n) is 4.23. The standard InChI is InChI=1S/C14H8Cl4N2O3/c15-7-1-2-9(10(17)3-7)14(22)23-6-12(21)20-13-11(18)4-8(16)5-19-13/h1-5H,6H2,(H,19,20,21). The molecule has 0 bridgehead atoms. The Morgan fingerprint density at radius 2 is 1.74 bits per heavy atom. The number of pyridine rings is 1. The summed E-state index contributed by atoms with van der Waals surface area (Å²) in [6, 6.07) is 5.71. The Kier molecular flexibility index (Phi) is 6.07. The van der Waals surface area contributed by atoms with Gasteiger partial charge in [0.05, 0.1) is 20.6 Å². The summed E-state index contributed by atoms with van der Waals surface area (Å²) < 4.78 is 4.87. The number of hydrogen-bond acceptors (Lipinski definition) is 4. The maximum Gasteiger partial charge on any atom is 0.340 e. The molecule has 0 radical (unpaired) electrons. The number of anilines is 1. The van der Waals surface area contributed by atoms with Gasteiger partial charge in [-0.2, -0.15) is 0 Å². The fourth-order valence-electron chi connectivity index (χ4n) is 1.54. The lowest BCUT2D eigenvalue weighted by Crippen LogP contribution is -2.21. The molecule has 0 unspecified atom stereocenters.